The van der Waals surface area contributed by atoms with Crippen LogP contribution in [0.4, 0.5) is 5.69 Å². The first-order valence-corrected chi connectivity index (χ1v) is 13.5. The van der Waals surface area contributed by atoms with Crippen LogP contribution in [0, 0.1) is 10.1 Å². The van der Waals surface area contributed by atoms with Crippen LogP contribution in [0.1, 0.15) is 36.7 Å². The number of halogens is 3. The smallest absolute Gasteiger partial charge is 0.315 e. The number of rotatable bonds is 10. The number of benzene rings is 3. The van der Waals surface area contributed by atoms with Crippen LogP contribution in [0.5, 0.6) is 11.5 Å². The van der Waals surface area contributed by atoms with Crippen LogP contribution in [0.15, 0.2) is 62.9 Å². The molecule has 1 heterocycles. The van der Waals surface area contributed by atoms with Gasteiger partial charge in [-0.3, -0.25) is 14.9 Å². The number of unbranched alkanes of at least 4 members (excludes halogenated alkanes) is 1. The molecule has 0 N–H and O–H groups in total. The molecule has 0 amide bonds. The molecule has 0 unspecified atom stereocenters. The normalized spacial score (nSPS) is 11.3. The van der Waals surface area contributed by atoms with Crippen LogP contribution >= 0.6 is 39.1 Å². The lowest BCUT2D eigenvalue weighted by atomic mass is 10.1. The summed E-state index contributed by atoms with van der Waals surface area (Å²) in [5, 5.41) is 17.6. The Kier molecular flexibility index (Phi) is 9.21. The van der Waals surface area contributed by atoms with Crippen molar-refractivity contribution < 1.29 is 14.4 Å². The summed E-state index contributed by atoms with van der Waals surface area (Å²) in [5.41, 5.74) is 0.820. The van der Waals surface area contributed by atoms with Crippen molar-refractivity contribution in [3.8, 4) is 11.5 Å². The molecule has 0 saturated carbocycles. The van der Waals surface area contributed by atoms with E-state index in [0.29, 0.717) is 44.3 Å². The minimum absolute atomic E-state index is 0.0465. The fourth-order valence-corrected chi connectivity index (χ4v) is 4.66. The van der Waals surface area contributed by atoms with Crippen molar-refractivity contribution in [1.29, 1.82) is 0 Å². The minimum Gasteiger partial charge on any atom is -0.493 e. The Morgan fingerprint density at radius 3 is 2.67 bits per heavy atom. The van der Waals surface area contributed by atoms with Crippen LogP contribution in [0.3, 0.4) is 0 Å². The van der Waals surface area contributed by atoms with Crippen molar-refractivity contribution in [1.82, 2.24) is 9.66 Å². The molecule has 0 bridgehead atoms. The third-order valence-corrected chi connectivity index (χ3v) is 6.89. The number of nitro benzene ring substituents is 1. The first-order valence-electron chi connectivity index (χ1n) is 11.9. The summed E-state index contributed by atoms with van der Waals surface area (Å²) in [4.78, 5) is 29.3. The monoisotopic (exact) mass is 632 g/mol. The van der Waals surface area contributed by atoms with Gasteiger partial charge in [0.05, 0.1) is 29.2 Å². The Morgan fingerprint density at radius 1 is 1.18 bits per heavy atom. The Labute approximate surface area is 242 Å². The van der Waals surface area contributed by atoms with Gasteiger partial charge in [0, 0.05) is 38.1 Å². The van der Waals surface area contributed by atoms with E-state index in [1.165, 1.54) is 30.1 Å². The van der Waals surface area contributed by atoms with E-state index in [4.69, 9.17) is 32.7 Å². The SMILES string of the molecule is CCCCc1nc2ccc(Br)cc2c(=O)n1N=Cc1cc(OC)c(OCc2ccc(Cl)cc2Cl)c([N+](=O)[O-])c1. The number of aromatic nitrogens is 2. The third kappa shape index (κ3) is 6.58. The summed E-state index contributed by atoms with van der Waals surface area (Å²) in [6.07, 6.45) is 3.62. The molecule has 0 saturated heterocycles. The fraction of sp³-hybridized carbons (Fsp3) is 0.222. The second-order valence-electron chi connectivity index (χ2n) is 8.51. The molecule has 202 valence electrons. The second-order valence-corrected chi connectivity index (χ2v) is 10.3. The largest absolute Gasteiger partial charge is 0.493 e. The third-order valence-electron chi connectivity index (χ3n) is 5.81. The molecule has 0 aliphatic rings. The maximum absolute atomic E-state index is 13.3. The van der Waals surface area contributed by atoms with Crippen LogP contribution in [-0.2, 0) is 13.0 Å². The molecule has 1 aromatic heterocycles. The Hall–Kier alpha value is -3.47. The van der Waals surface area contributed by atoms with E-state index in [9.17, 15) is 14.9 Å². The van der Waals surface area contributed by atoms with Crippen molar-refractivity contribution >= 4 is 61.9 Å². The van der Waals surface area contributed by atoms with Crippen molar-refractivity contribution in [2.24, 2.45) is 5.10 Å². The topological polar surface area (TPSA) is 109 Å². The molecule has 3 aromatic carbocycles. The fourth-order valence-electron chi connectivity index (χ4n) is 3.84. The molecule has 4 aromatic rings. The minimum atomic E-state index is -0.577. The predicted molar refractivity (Wildman–Crippen MR) is 156 cm³/mol. The van der Waals surface area contributed by atoms with Gasteiger partial charge in [-0.1, -0.05) is 58.5 Å². The van der Waals surface area contributed by atoms with Gasteiger partial charge in [-0.2, -0.15) is 9.78 Å². The Morgan fingerprint density at radius 2 is 1.97 bits per heavy atom. The first-order chi connectivity index (χ1) is 18.7. The summed E-state index contributed by atoms with van der Waals surface area (Å²) in [7, 11) is 1.38. The van der Waals surface area contributed by atoms with Crippen LogP contribution in [0.25, 0.3) is 10.9 Å². The second kappa shape index (κ2) is 12.6. The highest BCUT2D eigenvalue weighted by atomic mass is 79.9. The molecule has 0 aliphatic heterocycles. The van der Waals surface area contributed by atoms with Gasteiger partial charge < -0.3 is 9.47 Å². The molecule has 0 atom stereocenters. The first kappa shape index (κ1) is 28.5. The molecule has 0 spiro atoms. The molecule has 0 radical (unpaired) electrons. The predicted octanol–water partition coefficient (Wildman–Crippen LogP) is 7.19. The molecule has 39 heavy (non-hydrogen) atoms. The molecular weight excluding hydrogens is 611 g/mol. The number of hydrogen-bond donors (Lipinski definition) is 0. The van der Waals surface area contributed by atoms with Gasteiger partial charge in [-0.05, 0) is 42.8 Å². The lowest BCUT2D eigenvalue weighted by Gasteiger charge is -2.13. The lowest BCUT2D eigenvalue weighted by molar-refractivity contribution is -0.386. The average molecular weight is 634 g/mol. The van der Waals surface area contributed by atoms with E-state index < -0.39 is 4.92 Å². The lowest BCUT2D eigenvalue weighted by Crippen LogP contribution is -2.22. The van der Waals surface area contributed by atoms with E-state index in [1.807, 2.05) is 13.0 Å². The van der Waals surface area contributed by atoms with Gasteiger partial charge in [0.15, 0.2) is 5.75 Å². The zero-order chi connectivity index (χ0) is 28.1. The highest BCUT2D eigenvalue weighted by molar-refractivity contribution is 9.10. The molecular formula is C27H23BrCl2N4O5. The molecule has 0 aliphatic carbocycles. The van der Waals surface area contributed by atoms with Gasteiger partial charge in [-0.15, -0.1) is 0 Å². The summed E-state index contributed by atoms with van der Waals surface area (Å²) in [6.45, 7) is 1.99. The van der Waals surface area contributed by atoms with E-state index >= 15 is 0 Å². The van der Waals surface area contributed by atoms with Crippen molar-refractivity contribution in [2.75, 3.05) is 7.11 Å². The maximum atomic E-state index is 13.3. The quantitative estimate of drug-likeness (QED) is 0.104. The van der Waals surface area contributed by atoms with Gasteiger partial charge >= 0.3 is 5.69 Å². The summed E-state index contributed by atoms with van der Waals surface area (Å²) < 4.78 is 13.2. The standard InChI is InChI=1S/C27H23BrCl2N4O5/c1-3-4-5-25-32-22-9-7-18(28)12-20(22)27(35)33(25)31-14-16-10-23(34(36)37)26(24(11-16)38-2)39-15-17-6-8-19(29)13-21(17)30/h6-14H,3-5,15H2,1-2H3. The van der Waals surface area contributed by atoms with E-state index in [1.54, 1.807) is 30.3 Å². The average Bonchev–Trinajstić information content (AvgIpc) is 2.91. The number of ether oxygens (including phenoxy) is 2. The Balaban J connectivity index is 1.74. The number of aryl methyl sites for hydroxylation is 1. The number of methoxy groups -OCH3 is 1. The number of nitro groups is 1. The van der Waals surface area contributed by atoms with Crippen LogP contribution < -0.4 is 15.0 Å². The molecule has 12 heteroatoms. The van der Waals surface area contributed by atoms with Crippen molar-refractivity contribution in [3.05, 3.63) is 100 Å². The van der Waals surface area contributed by atoms with Gasteiger partial charge in [0.1, 0.15) is 12.4 Å². The van der Waals surface area contributed by atoms with Gasteiger partial charge in [-0.25, -0.2) is 4.98 Å². The Bertz CT molecular complexity index is 1640. The zero-order valence-corrected chi connectivity index (χ0v) is 24.1. The van der Waals surface area contributed by atoms with Crippen molar-refractivity contribution in [3.63, 3.8) is 0 Å². The summed E-state index contributed by atoms with van der Waals surface area (Å²) >= 11 is 15.6. The molecule has 9 nitrogen and oxygen atoms in total. The van der Waals surface area contributed by atoms with E-state index in [-0.39, 0.29) is 29.4 Å². The summed E-state index contributed by atoms with van der Waals surface area (Å²) in [5.74, 6) is 0.549. The number of fused-ring (bicyclic) bond motifs is 1. The van der Waals surface area contributed by atoms with Crippen molar-refractivity contribution in [2.45, 2.75) is 32.8 Å². The molecule has 0 fully saturated rings. The number of hydrogen-bond acceptors (Lipinski definition) is 7. The van der Waals surface area contributed by atoms with Crippen LogP contribution in [-0.4, -0.2) is 27.9 Å². The zero-order valence-electron chi connectivity index (χ0n) is 21.0. The summed E-state index contributed by atoms with van der Waals surface area (Å²) in [6, 6.07) is 13.0. The van der Waals surface area contributed by atoms with Gasteiger partial charge in [0.25, 0.3) is 5.56 Å². The number of nitrogens with zero attached hydrogens (tertiary/aromatic N) is 4. The molecule has 4 rings (SSSR count). The van der Waals surface area contributed by atoms with E-state index in [2.05, 4.69) is 26.0 Å². The maximum Gasteiger partial charge on any atom is 0.315 e. The van der Waals surface area contributed by atoms with Gasteiger partial charge in [0.2, 0.25) is 5.75 Å². The highest BCUT2D eigenvalue weighted by Gasteiger charge is 2.23. The van der Waals surface area contributed by atoms with E-state index in [0.717, 1.165) is 17.3 Å². The van der Waals surface area contributed by atoms with Crippen LogP contribution in [0.2, 0.25) is 10.0 Å². The highest BCUT2D eigenvalue weighted by Crippen LogP contribution is 2.39.